The highest BCUT2D eigenvalue weighted by Crippen LogP contribution is 2.55. The van der Waals surface area contributed by atoms with Crippen molar-refractivity contribution < 1.29 is 18.1 Å². The van der Waals surface area contributed by atoms with Crippen LogP contribution in [0.25, 0.3) is 105 Å². The van der Waals surface area contributed by atoms with Gasteiger partial charge in [-0.05, 0) is 167 Å². The second-order valence-corrected chi connectivity index (χ2v) is 28.5. The lowest BCUT2D eigenvalue weighted by Crippen LogP contribution is -2.61. The van der Waals surface area contributed by atoms with Crippen molar-refractivity contribution in [3.05, 3.63) is 302 Å². The Hall–Kier alpha value is -10.9. The van der Waals surface area contributed by atoms with Crippen LogP contribution in [0.5, 0.6) is 0 Å². The van der Waals surface area contributed by atoms with Gasteiger partial charge in [0.1, 0.15) is 11.2 Å². The normalized spacial score (nSPS) is 14.5. The van der Waals surface area contributed by atoms with Gasteiger partial charge in [-0.15, -0.1) is 0 Å². The first-order chi connectivity index (χ1) is 50.2. The summed E-state index contributed by atoms with van der Waals surface area (Å²) < 4.78 is 102. The summed E-state index contributed by atoms with van der Waals surface area (Å²) in [6.45, 7) is 19.6. The third-order valence-corrected chi connectivity index (χ3v) is 19.6. The molecule has 13 aromatic carbocycles. The van der Waals surface area contributed by atoms with Gasteiger partial charge in [-0.25, -0.2) is 0 Å². The van der Waals surface area contributed by atoms with Gasteiger partial charge in [-0.1, -0.05) is 268 Å². The maximum Gasteiger partial charge on any atom is 0.252 e. The van der Waals surface area contributed by atoms with E-state index in [-0.39, 0.29) is 51.5 Å². The molecule has 0 N–H and O–H groups in total. The number of para-hydroxylation sites is 1. The molecular formula is C90H74BN3O. The molecular weight excluding hydrogens is 1150 g/mol. The van der Waals surface area contributed by atoms with E-state index < -0.39 is 43.0 Å². The molecule has 2 aliphatic rings. The first kappa shape index (κ1) is 47.9. The van der Waals surface area contributed by atoms with Crippen LogP contribution in [0.3, 0.4) is 0 Å². The van der Waals surface area contributed by atoms with Crippen molar-refractivity contribution in [2.45, 2.75) is 78.6 Å². The predicted octanol–water partition coefficient (Wildman–Crippen LogP) is 23.0. The fourth-order valence-electron chi connectivity index (χ4n) is 14.8. The lowest BCUT2D eigenvalue weighted by Gasteiger charge is -2.46. The lowest BCUT2D eigenvalue weighted by atomic mass is 9.33. The largest absolute Gasteiger partial charge is 0.456 e. The van der Waals surface area contributed by atoms with Gasteiger partial charge in [0.25, 0.3) is 6.71 Å². The average Bonchev–Trinajstić information content (AvgIpc) is 1.30. The molecule has 0 bridgehead atoms. The Morgan fingerprint density at radius 1 is 0.337 bits per heavy atom. The number of fused-ring (bicyclic) bond motifs is 10. The summed E-state index contributed by atoms with van der Waals surface area (Å²) in [4.78, 5) is 4.75. The van der Waals surface area contributed by atoms with Gasteiger partial charge in [-0.2, -0.15) is 0 Å². The molecule has 0 aliphatic carbocycles. The number of rotatable bonds is 8. The second-order valence-electron chi connectivity index (χ2n) is 28.5. The quantitative estimate of drug-likeness (QED) is 0.142. The molecule has 0 radical (unpaired) electrons. The van der Waals surface area contributed by atoms with E-state index in [2.05, 4.69) is 222 Å². The summed E-state index contributed by atoms with van der Waals surface area (Å²) in [5.41, 5.74) is 20.4. The Morgan fingerprint density at radius 2 is 0.789 bits per heavy atom. The maximum atomic E-state index is 9.64. The Bertz CT molecular complexity index is 6000. The van der Waals surface area contributed by atoms with E-state index in [1.165, 1.54) is 11.1 Å². The van der Waals surface area contributed by atoms with E-state index >= 15 is 0 Å². The Labute approximate surface area is 572 Å². The van der Waals surface area contributed by atoms with Crippen LogP contribution in [0, 0.1) is 0 Å². The fraction of sp³-hybridized carbons (Fsp3) is 0.133. The molecule has 0 atom stereocenters. The zero-order valence-corrected chi connectivity index (χ0v) is 54.7. The minimum absolute atomic E-state index is 0.0489. The zero-order valence-electron chi connectivity index (χ0n) is 64.7. The van der Waals surface area contributed by atoms with Crippen LogP contribution >= 0.6 is 0 Å². The van der Waals surface area contributed by atoms with Crippen LogP contribution in [-0.2, 0) is 16.2 Å². The van der Waals surface area contributed by atoms with Crippen molar-refractivity contribution in [3.8, 4) is 61.3 Å². The SMILES string of the molecule is [2H]c1c([2H])c([2H])c(-c2ccc3c(c2)N(c2c(-c4ccccc4)cc(C(C)(C)C)cc2-c2ccccc2)c2cc(-n4c5ccc(C(C)(C)C)cc5c5cc(C(C)(C)C)ccc54)cc4c2B3c2ccc(-c3c([2H])c([2H])c([2H])c([2H])c3[2H])cc2N4c2c(-c3ccccc3)ccc3oc4ccccc4c23)c([2H])c1[2H]. The number of benzene rings is 13. The summed E-state index contributed by atoms with van der Waals surface area (Å²) >= 11 is 0. The van der Waals surface area contributed by atoms with Gasteiger partial charge in [0.2, 0.25) is 0 Å². The fourth-order valence-corrected chi connectivity index (χ4v) is 14.8. The van der Waals surface area contributed by atoms with Gasteiger partial charge in [-0.3, -0.25) is 0 Å². The minimum atomic E-state index is -0.652. The third-order valence-electron chi connectivity index (χ3n) is 19.6. The smallest absolute Gasteiger partial charge is 0.252 e. The Balaban J connectivity index is 1.13. The number of anilines is 6. The zero-order chi connectivity index (χ0) is 73.4. The van der Waals surface area contributed by atoms with E-state index in [0.29, 0.717) is 33.7 Å². The van der Waals surface area contributed by atoms with Crippen LogP contribution in [0.1, 0.15) is 92.7 Å². The average molecular weight is 1230 g/mol. The predicted molar refractivity (Wildman–Crippen MR) is 405 cm³/mol. The molecule has 0 amide bonds. The molecule has 15 aromatic rings. The topological polar surface area (TPSA) is 24.6 Å². The molecule has 95 heavy (non-hydrogen) atoms. The molecule has 4 heterocycles. The van der Waals surface area contributed by atoms with Gasteiger partial charge in [0.05, 0.1) is 47.2 Å². The first-order valence-corrected chi connectivity index (χ1v) is 32.8. The maximum absolute atomic E-state index is 9.64. The summed E-state index contributed by atoms with van der Waals surface area (Å²) in [5, 5.41) is 3.87. The highest BCUT2D eigenvalue weighted by atomic mass is 16.3. The van der Waals surface area contributed by atoms with E-state index in [0.717, 1.165) is 116 Å². The van der Waals surface area contributed by atoms with E-state index in [1.54, 1.807) is 0 Å². The summed E-state index contributed by atoms with van der Waals surface area (Å²) in [5.74, 6) is 0. The molecule has 2 aromatic heterocycles. The number of hydrogen-bond acceptors (Lipinski definition) is 3. The van der Waals surface area contributed by atoms with Crippen LogP contribution < -0.4 is 26.2 Å². The van der Waals surface area contributed by atoms with Crippen molar-refractivity contribution >= 4 is 101 Å². The number of nitrogens with zero attached hydrogens (tertiary/aromatic N) is 3. The molecule has 0 saturated carbocycles. The van der Waals surface area contributed by atoms with Crippen molar-refractivity contribution in [2.75, 3.05) is 9.80 Å². The summed E-state index contributed by atoms with van der Waals surface area (Å²) in [7, 11) is 0. The van der Waals surface area contributed by atoms with Crippen LogP contribution in [-0.4, -0.2) is 11.3 Å². The van der Waals surface area contributed by atoms with Gasteiger partial charge >= 0.3 is 0 Å². The molecule has 2 aliphatic heterocycles. The molecule has 0 saturated heterocycles. The number of furan rings is 1. The minimum Gasteiger partial charge on any atom is -0.456 e. The Morgan fingerprint density at radius 3 is 1.27 bits per heavy atom. The van der Waals surface area contributed by atoms with Crippen molar-refractivity contribution in [2.24, 2.45) is 0 Å². The first-order valence-electron chi connectivity index (χ1n) is 37.8. The summed E-state index contributed by atoms with van der Waals surface area (Å²) in [6.07, 6.45) is 0. The van der Waals surface area contributed by atoms with Gasteiger partial charge < -0.3 is 18.8 Å². The van der Waals surface area contributed by atoms with Gasteiger partial charge in [0, 0.05) is 55.6 Å². The molecule has 0 spiro atoms. The molecule has 4 nitrogen and oxygen atoms in total. The van der Waals surface area contributed by atoms with Gasteiger partial charge in [0.15, 0.2) is 0 Å². The molecule has 0 fully saturated rings. The molecule has 458 valence electrons. The lowest BCUT2D eigenvalue weighted by molar-refractivity contribution is 0.590. The summed E-state index contributed by atoms with van der Waals surface area (Å²) in [6, 6.07) is 74.4. The van der Waals surface area contributed by atoms with E-state index in [1.807, 2.05) is 78.9 Å². The number of aromatic nitrogens is 1. The van der Waals surface area contributed by atoms with Crippen molar-refractivity contribution in [3.63, 3.8) is 0 Å². The molecule has 5 heteroatoms. The molecule has 17 rings (SSSR count). The molecule has 0 unspecified atom stereocenters. The van der Waals surface area contributed by atoms with Crippen LogP contribution in [0.15, 0.2) is 289 Å². The van der Waals surface area contributed by atoms with E-state index in [9.17, 15) is 5.48 Å². The highest BCUT2D eigenvalue weighted by Gasteiger charge is 2.46. The standard InChI is InChI=1S/C90H74BN3O/c1-88(2,3)64-41-46-76-72(51-64)73-52-65(89(4,5)6)42-47-77(73)92(76)67-55-80-85-81(56-67)94(87-68(59-31-19-12-20-32-59)43-48-83-84(87)69-37-25-26-38-82(69)95-83)79-50-63(58-29-17-11-18-30-58)40-45-75(79)91(85)74-44-39-62(57-27-15-10-16-28-57)49-78(74)93(80)86-70(60-33-21-13-22-34-60)53-66(90(7,8)9)54-71(86)61-35-23-14-24-36-61/h10-56H,1-9H3/i10D,11D,15D,16D,17D,18D,27D,28D,29D,30D. The van der Waals surface area contributed by atoms with Crippen LogP contribution in [0.4, 0.5) is 34.1 Å². The monoisotopic (exact) mass is 1230 g/mol. The van der Waals surface area contributed by atoms with Crippen LogP contribution in [0.2, 0.25) is 0 Å². The van der Waals surface area contributed by atoms with Crippen molar-refractivity contribution in [1.82, 2.24) is 4.57 Å². The Kier molecular flexibility index (Phi) is 11.0. The second kappa shape index (κ2) is 21.9. The van der Waals surface area contributed by atoms with E-state index in [4.69, 9.17) is 12.6 Å². The van der Waals surface area contributed by atoms with Crippen molar-refractivity contribution in [1.29, 1.82) is 0 Å². The highest BCUT2D eigenvalue weighted by molar-refractivity contribution is 7.00. The third kappa shape index (κ3) is 9.57. The number of hydrogen-bond donors (Lipinski definition) is 0.